The van der Waals surface area contributed by atoms with Gasteiger partial charge in [-0.25, -0.2) is 4.98 Å². The number of nitrogens with zero attached hydrogens (tertiary/aromatic N) is 1. The fourth-order valence-corrected chi connectivity index (χ4v) is 5.51. The average Bonchev–Trinajstić information content (AvgIpc) is 3.30. The first-order chi connectivity index (χ1) is 15.6. The van der Waals surface area contributed by atoms with Crippen molar-refractivity contribution < 1.29 is 14.3 Å². The topological polar surface area (TPSA) is 80.3 Å². The number of ether oxygens (including phenoxy) is 1. The number of thiophene rings is 1. The van der Waals surface area contributed by atoms with Gasteiger partial charge in [-0.15, -0.1) is 22.7 Å². The summed E-state index contributed by atoms with van der Waals surface area (Å²) in [4.78, 5) is 30.1. The first kappa shape index (κ1) is 20.9. The molecule has 0 bridgehead atoms. The van der Waals surface area contributed by atoms with Crippen molar-refractivity contribution in [3.63, 3.8) is 0 Å². The van der Waals surface area contributed by atoms with Crippen molar-refractivity contribution in [2.75, 3.05) is 6.61 Å². The van der Waals surface area contributed by atoms with E-state index in [1.807, 2.05) is 54.8 Å². The van der Waals surface area contributed by atoms with Crippen LogP contribution in [0.25, 0.3) is 20.3 Å². The molecule has 1 atom stereocenters. The molecule has 5 rings (SSSR count). The quantitative estimate of drug-likeness (QED) is 0.409. The molecular weight excluding hydrogens is 442 g/mol. The first-order valence-corrected chi connectivity index (χ1v) is 12.3. The van der Waals surface area contributed by atoms with E-state index in [1.165, 1.54) is 0 Å². The minimum atomic E-state index is -0.637. The van der Waals surface area contributed by atoms with E-state index in [0.29, 0.717) is 12.2 Å². The molecule has 2 amide bonds. The number of benzene rings is 2. The Morgan fingerprint density at radius 3 is 2.81 bits per heavy atom. The van der Waals surface area contributed by atoms with Crippen LogP contribution < -0.4 is 15.4 Å². The number of aryl methyl sites for hydroxylation is 1. The maximum atomic E-state index is 12.7. The molecule has 2 aromatic heterocycles. The number of carbonyl (C=O) groups is 2. The third-order valence-corrected chi connectivity index (χ3v) is 7.22. The van der Waals surface area contributed by atoms with Crippen LogP contribution in [-0.2, 0) is 16.0 Å². The van der Waals surface area contributed by atoms with Crippen LogP contribution in [0.4, 0.5) is 0 Å². The third kappa shape index (κ3) is 4.61. The van der Waals surface area contributed by atoms with Crippen LogP contribution in [0.2, 0.25) is 0 Å². The maximum Gasteiger partial charge on any atom is 0.258 e. The van der Waals surface area contributed by atoms with Crippen LogP contribution in [0.1, 0.15) is 23.4 Å². The number of rotatable bonds is 8. The summed E-state index contributed by atoms with van der Waals surface area (Å²) in [6.45, 7) is 1.83. The van der Waals surface area contributed by atoms with Gasteiger partial charge in [0.05, 0.1) is 19.9 Å². The zero-order valence-corrected chi connectivity index (χ0v) is 19.2. The van der Waals surface area contributed by atoms with Gasteiger partial charge in [0.25, 0.3) is 5.91 Å². The zero-order chi connectivity index (χ0) is 22.1. The smallest absolute Gasteiger partial charge is 0.258 e. The normalized spacial score (nSPS) is 14.4. The molecule has 2 heterocycles. The van der Waals surface area contributed by atoms with Gasteiger partial charge in [-0.1, -0.05) is 30.3 Å². The lowest BCUT2D eigenvalue weighted by atomic mass is 10.1. The lowest BCUT2D eigenvalue weighted by molar-refractivity contribution is -0.130. The first-order valence-electron chi connectivity index (χ1n) is 10.6. The van der Waals surface area contributed by atoms with E-state index >= 15 is 0 Å². The number of nitrogens with one attached hydrogen (secondary N) is 2. The molecule has 32 heavy (non-hydrogen) atoms. The highest BCUT2D eigenvalue weighted by Gasteiger charge is 2.28. The van der Waals surface area contributed by atoms with Crippen LogP contribution in [0.15, 0.2) is 47.8 Å². The summed E-state index contributed by atoms with van der Waals surface area (Å²) in [7, 11) is 0. The van der Waals surface area contributed by atoms with Crippen LogP contribution in [0.5, 0.6) is 5.75 Å². The second-order valence-corrected chi connectivity index (χ2v) is 10.1. The summed E-state index contributed by atoms with van der Waals surface area (Å²) in [5.74, 6) is 0.196. The molecule has 4 aromatic rings. The summed E-state index contributed by atoms with van der Waals surface area (Å²) in [6, 6.07) is 13.2. The number of hydrogen-bond acceptors (Lipinski definition) is 6. The Balaban J connectivity index is 1.29. The molecule has 8 heteroatoms. The standard InChI is InChI=1S/C24H23N3O3S2/c1-14-25-22-20(32-14)12-19(17-9-10-31-23(17)22)30-13-21(28)27-18(24(29)26-16-7-8-16)11-15-5-3-2-4-6-15/h2-6,9-10,12,16,18H,7-8,11,13H2,1H3,(H,26,29)(H,27,28). The van der Waals surface area contributed by atoms with E-state index in [2.05, 4.69) is 15.6 Å². The van der Waals surface area contributed by atoms with Crippen molar-refractivity contribution in [1.82, 2.24) is 15.6 Å². The maximum absolute atomic E-state index is 12.7. The number of hydrogen-bond donors (Lipinski definition) is 2. The molecule has 0 spiro atoms. The fraction of sp³-hybridized carbons (Fsp3) is 0.292. The van der Waals surface area contributed by atoms with Crippen LogP contribution in [-0.4, -0.2) is 35.5 Å². The number of fused-ring (bicyclic) bond motifs is 3. The van der Waals surface area contributed by atoms with E-state index in [9.17, 15) is 9.59 Å². The van der Waals surface area contributed by atoms with Gasteiger partial charge in [-0.3, -0.25) is 9.59 Å². The Bertz CT molecular complexity index is 1280. The van der Waals surface area contributed by atoms with Gasteiger partial charge in [-0.05, 0) is 36.8 Å². The monoisotopic (exact) mass is 465 g/mol. The lowest BCUT2D eigenvalue weighted by Gasteiger charge is -2.19. The molecule has 1 saturated carbocycles. The summed E-state index contributed by atoms with van der Waals surface area (Å²) >= 11 is 3.22. The molecule has 164 valence electrons. The summed E-state index contributed by atoms with van der Waals surface area (Å²) in [5, 5.41) is 9.82. The third-order valence-electron chi connectivity index (χ3n) is 5.39. The number of amides is 2. The largest absolute Gasteiger partial charge is 0.483 e. The van der Waals surface area contributed by atoms with E-state index < -0.39 is 6.04 Å². The van der Waals surface area contributed by atoms with Gasteiger partial charge < -0.3 is 15.4 Å². The summed E-state index contributed by atoms with van der Waals surface area (Å²) in [5.41, 5.74) is 1.98. The zero-order valence-electron chi connectivity index (χ0n) is 17.6. The number of thiazole rings is 1. The molecule has 1 aliphatic carbocycles. The van der Waals surface area contributed by atoms with E-state index in [0.717, 1.165) is 43.7 Å². The molecule has 0 aliphatic heterocycles. The highest BCUT2D eigenvalue weighted by Crippen LogP contribution is 2.38. The molecule has 1 aliphatic rings. The predicted octanol–water partition coefficient (Wildman–Crippen LogP) is 4.20. The second kappa shape index (κ2) is 8.88. The van der Waals surface area contributed by atoms with Gasteiger partial charge in [0.1, 0.15) is 11.8 Å². The van der Waals surface area contributed by atoms with Crippen LogP contribution in [0, 0.1) is 6.92 Å². The van der Waals surface area contributed by atoms with E-state index in [1.54, 1.807) is 22.7 Å². The highest BCUT2D eigenvalue weighted by atomic mass is 32.1. The minimum Gasteiger partial charge on any atom is -0.483 e. The minimum absolute atomic E-state index is 0.147. The Labute approximate surface area is 193 Å². The molecule has 2 aromatic carbocycles. The molecular formula is C24H23N3O3S2. The van der Waals surface area contributed by atoms with Crippen molar-refractivity contribution in [3.05, 3.63) is 58.4 Å². The van der Waals surface area contributed by atoms with Gasteiger partial charge in [0, 0.05) is 23.9 Å². The Morgan fingerprint density at radius 2 is 2.03 bits per heavy atom. The summed E-state index contributed by atoms with van der Waals surface area (Å²) in [6.07, 6.45) is 2.43. The van der Waals surface area contributed by atoms with Crippen LogP contribution in [0.3, 0.4) is 0 Å². The molecule has 6 nitrogen and oxygen atoms in total. The lowest BCUT2D eigenvalue weighted by Crippen LogP contribution is -2.49. The molecule has 2 N–H and O–H groups in total. The molecule has 1 unspecified atom stereocenters. The molecule has 1 fully saturated rings. The van der Waals surface area contributed by atoms with Gasteiger partial charge in [0.15, 0.2) is 6.61 Å². The van der Waals surface area contributed by atoms with E-state index in [-0.39, 0.29) is 24.5 Å². The Hall–Kier alpha value is -2.97. The van der Waals surface area contributed by atoms with Gasteiger partial charge in [-0.2, -0.15) is 0 Å². The summed E-state index contributed by atoms with van der Waals surface area (Å²) < 4.78 is 8.03. The molecule has 0 radical (unpaired) electrons. The average molecular weight is 466 g/mol. The Kier molecular flexibility index (Phi) is 5.80. The van der Waals surface area contributed by atoms with Crippen molar-refractivity contribution in [3.8, 4) is 5.75 Å². The number of carbonyl (C=O) groups excluding carboxylic acids is 2. The van der Waals surface area contributed by atoms with Crippen LogP contribution >= 0.6 is 22.7 Å². The molecule has 0 saturated heterocycles. The predicted molar refractivity (Wildman–Crippen MR) is 128 cm³/mol. The van der Waals surface area contributed by atoms with Gasteiger partial charge in [0.2, 0.25) is 5.91 Å². The SMILES string of the molecule is Cc1nc2c(cc(OCC(=O)NC(Cc3ccccc3)C(=O)NC3CC3)c3ccsc32)s1. The highest BCUT2D eigenvalue weighted by molar-refractivity contribution is 7.21. The van der Waals surface area contributed by atoms with E-state index in [4.69, 9.17) is 4.74 Å². The van der Waals surface area contributed by atoms with Gasteiger partial charge >= 0.3 is 0 Å². The van der Waals surface area contributed by atoms with Crippen molar-refractivity contribution in [2.45, 2.75) is 38.3 Å². The Morgan fingerprint density at radius 1 is 1.22 bits per heavy atom. The van der Waals surface area contributed by atoms with Crippen molar-refractivity contribution >= 4 is 54.8 Å². The van der Waals surface area contributed by atoms with Crippen molar-refractivity contribution in [1.29, 1.82) is 0 Å². The fourth-order valence-electron chi connectivity index (χ4n) is 3.67. The number of aromatic nitrogens is 1. The van der Waals surface area contributed by atoms with Crippen molar-refractivity contribution in [2.24, 2.45) is 0 Å². The second-order valence-electron chi connectivity index (χ2n) is 8.00.